The predicted molar refractivity (Wildman–Crippen MR) is 71.9 cm³/mol. The fourth-order valence-electron chi connectivity index (χ4n) is 1.62. The molecule has 1 heterocycles. The molecule has 16 heavy (non-hydrogen) atoms. The van der Waals surface area contributed by atoms with Crippen LogP contribution in [0.2, 0.25) is 0 Å². The van der Waals surface area contributed by atoms with Gasteiger partial charge in [0.25, 0.3) is 0 Å². The second kappa shape index (κ2) is 4.58. The Hall–Kier alpha value is -1.48. The molecule has 0 fully saturated rings. The van der Waals surface area contributed by atoms with Crippen LogP contribution in [0.5, 0.6) is 0 Å². The molecule has 1 aromatic heterocycles. The van der Waals surface area contributed by atoms with Crippen molar-refractivity contribution in [1.29, 1.82) is 0 Å². The van der Waals surface area contributed by atoms with Crippen LogP contribution in [0.4, 0.5) is 11.4 Å². The number of benzene rings is 1. The second-order valence-corrected chi connectivity index (χ2v) is 5.22. The van der Waals surface area contributed by atoms with Crippen LogP contribution in [0.15, 0.2) is 36.4 Å². The minimum absolute atomic E-state index is 0.295. The monoisotopic (exact) mass is 232 g/mol. The summed E-state index contributed by atoms with van der Waals surface area (Å²) in [5, 5.41) is 3.43. The molecule has 84 valence electrons. The zero-order chi connectivity index (χ0) is 11.5. The normalized spacial score (nSPS) is 12.4. The van der Waals surface area contributed by atoms with E-state index < -0.39 is 0 Å². The van der Waals surface area contributed by atoms with E-state index in [-0.39, 0.29) is 0 Å². The number of nitrogen functional groups attached to an aromatic ring is 1. The number of para-hydroxylation sites is 2. The number of rotatable bonds is 3. The van der Waals surface area contributed by atoms with Gasteiger partial charge in [-0.1, -0.05) is 12.1 Å². The van der Waals surface area contributed by atoms with E-state index >= 15 is 0 Å². The van der Waals surface area contributed by atoms with Gasteiger partial charge in [0.15, 0.2) is 0 Å². The van der Waals surface area contributed by atoms with E-state index in [4.69, 9.17) is 5.73 Å². The smallest absolute Gasteiger partial charge is 0.0579 e. The summed E-state index contributed by atoms with van der Waals surface area (Å²) in [6.45, 7) is 4.27. The van der Waals surface area contributed by atoms with Crippen molar-refractivity contribution in [2.75, 3.05) is 11.1 Å². The quantitative estimate of drug-likeness (QED) is 0.790. The van der Waals surface area contributed by atoms with Crippen LogP contribution in [0, 0.1) is 6.92 Å². The summed E-state index contributed by atoms with van der Waals surface area (Å²) < 4.78 is 0. The van der Waals surface area contributed by atoms with E-state index in [1.54, 1.807) is 0 Å². The zero-order valence-corrected chi connectivity index (χ0v) is 10.3. The molecule has 3 heteroatoms. The molecule has 1 atom stereocenters. The van der Waals surface area contributed by atoms with Gasteiger partial charge in [0.05, 0.1) is 17.4 Å². The van der Waals surface area contributed by atoms with E-state index in [0.717, 1.165) is 11.4 Å². The number of hydrogen-bond acceptors (Lipinski definition) is 3. The Kier molecular flexibility index (Phi) is 3.15. The lowest BCUT2D eigenvalue weighted by atomic mass is 10.2. The molecule has 0 aliphatic carbocycles. The van der Waals surface area contributed by atoms with Crippen LogP contribution < -0.4 is 11.1 Å². The van der Waals surface area contributed by atoms with Crippen LogP contribution in [0.25, 0.3) is 0 Å². The molecule has 2 rings (SSSR count). The van der Waals surface area contributed by atoms with Gasteiger partial charge in [0, 0.05) is 9.75 Å². The molecule has 0 aliphatic rings. The Balaban J connectivity index is 2.13. The number of thiophene rings is 1. The van der Waals surface area contributed by atoms with Gasteiger partial charge in [-0.25, -0.2) is 0 Å². The fraction of sp³-hybridized carbons (Fsp3) is 0.231. The Morgan fingerprint density at radius 3 is 2.56 bits per heavy atom. The average Bonchev–Trinajstić information content (AvgIpc) is 2.68. The van der Waals surface area contributed by atoms with Gasteiger partial charge < -0.3 is 11.1 Å². The first-order valence-corrected chi connectivity index (χ1v) is 6.16. The summed E-state index contributed by atoms with van der Waals surface area (Å²) in [6, 6.07) is 12.5. The minimum Gasteiger partial charge on any atom is -0.397 e. The second-order valence-electron chi connectivity index (χ2n) is 3.90. The molecule has 1 unspecified atom stereocenters. The summed E-state index contributed by atoms with van der Waals surface area (Å²) in [7, 11) is 0. The van der Waals surface area contributed by atoms with Crippen molar-refractivity contribution in [2.24, 2.45) is 0 Å². The largest absolute Gasteiger partial charge is 0.397 e. The highest BCUT2D eigenvalue weighted by Crippen LogP contribution is 2.27. The molecule has 0 amide bonds. The van der Waals surface area contributed by atoms with Crippen LogP contribution in [-0.4, -0.2) is 0 Å². The van der Waals surface area contributed by atoms with Crippen molar-refractivity contribution in [2.45, 2.75) is 19.9 Å². The number of aryl methyl sites for hydroxylation is 1. The molecular formula is C13H16N2S. The number of hydrogen-bond donors (Lipinski definition) is 2. The van der Waals surface area contributed by atoms with Gasteiger partial charge in [0.1, 0.15) is 0 Å². The zero-order valence-electron chi connectivity index (χ0n) is 9.53. The molecule has 0 radical (unpaired) electrons. The predicted octanol–water partition coefficient (Wildman–Crippen LogP) is 3.81. The van der Waals surface area contributed by atoms with Crippen molar-refractivity contribution in [3.05, 3.63) is 46.2 Å². The van der Waals surface area contributed by atoms with Gasteiger partial charge in [-0.05, 0) is 38.1 Å². The Morgan fingerprint density at radius 1 is 1.19 bits per heavy atom. The van der Waals surface area contributed by atoms with Crippen molar-refractivity contribution < 1.29 is 0 Å². The molecular weight excluding hydrogens is 216 g/mol. The highest BCUT2D eigenvalue weighted by molar-refractivity contribution is 7.12. The highest BCUT2D eigenvalue weighted by atomic mass is 32.1. The average molecular weight is 232 g/mol. The first kappa shape index (κ1) is 11.0. The molecule has 0 spiro atoms. The summed E-state index contributed by atoms with van der Waals surface area (Å²) in [5.41, 5.74) is 7.69. The van der Waals surface area contributed by atoms with E-state index in [2.05, 4.69) is 31.3 Å². The SMILES string of the molecule is Cc1ccc(C(C)Nc2ccccc2N)s1. The van der Waals surface area contributed by atoms with Crippen molar-refractivity contribution >= 4 is 22.7 Å². The Bertz CT molecular complexity index is 476. The number of anilines is 2. The summed E-state index contributed by atoms with van der Waals surface area (Å²) in [5.74, 6) is 0. The lowest BCUT2D eigenvalue weighted by Gasteiger charge is -2.15. The summed E-state index contributed by atoms with van der Waals surface area (Å²) in [6.07, 6.45) is 0. The lowest BCUT2D eigenvalue weighted by Crippen LogP contribution is -2.06. The maximum atomic E-state index is 5.89. The maximum absolute atomic E-state index is 5.89. The molecule has 2 aromatic rings. The number of nitrogens with one attached hydrogen (secondary N) is 1. The standard InChI is InChI=1S/C13H16N2S/c1-9-7-8-13(16-9)10(2)15-12-6-4-3-5-11(12)14/h3-8,10,15H,14H2,1-2H3. The third kappa shape index (κ3) is 2.36. The third-order valence-electron chi connectivity index (χ3n) is 2.52. The highest BCUT2D eigenvalue weighted by Gasteiger charge is 2.08. The summed E-state index contributed by atoms with van der Waals surface area (Å²) >= 11 is 1.82. The van der Waals surface area contributed by atoms with Crippen molar-refractivity contribution in [3.8, 4) is 0 Å². The molecule has 2 nitrogen and oxygen atoms in total. The summed E-state index contributed by atoms with van der Waals surface area (Å²) in [4.78, 5) is 2.67. The Morgan fingerprint density at radius 2 is 1.94 bits per heavy atom. The first-order chi connectivity index (χ1) is 7.66. The van der Waals surface area contributed by atoms with Gasteiger partial charge in [-0.15, -0.1) is 11.3 Å². The van der Waals surface area contributed by atoms with Crippen LogP contribution in [0.3, 0.4) is 0 Å². The van der Waals surface area contributed by atoms with Crippen LogP contribution >= 0.6 is 11.3 Å². The van der Waals surface area contributed by atoms with Crippen molar-refractivity contribution in [3.63, 3.8) is 0 Å². The van der Waals surface area contributed by atoms with E-state index in [9.17, 15) is 0 Å². The van der Waals surface area contributed by atoms with Gasteiger partial charge in [0.2, 0.25) is 0 Å². The van der Waals surface area contributed by atoms with Gasteiger partial charge in [-0.2, -0.15) is 0 Å². The fourth-order valence-corrected chi connectivity index (χ4v) is 2.50. The van der Waals surface area contributed by atoms with Crippen molar-refractivity contribution in [1.82, 2.24) is 0 Å². The van der Waals surface area contributed by atoms with Crippen LogP contribution in [-0.2, 0) is 0 Å². The molecule has 0 aliphatic heterocycles. The first-order valence-electron chi connectivity index (χ1n) is 5.34. The third-order valence-corrected chi connectivity index (χ3v) is 3.70. The Labute approximate surface area is 100 Å². The molecule has 0 saturated heterocycles. The van der Waals surface area contributed by atoms with Gasteiger partial charge >= 0.3 is 0 Å². The molecule has 1 aromatic carbocycles. The number of nitrogens with two attached hydrogens (primary N) is 1. The van der Waals surface area contributed by atoms with E-state index in [1.165, 1.54) is 9.75 Å². The topological polar surface area (TPSA) is 38.0 Å². The van der Waals surface area contributed by atoms with E-state index in [1.807, 2.05) is 35.6 Å². The lowest BCUT2D eigenvalue weighted by molar-refractivity contribution is 0.909. The molecule has 0 bridgehead atoms. The molecule has 3 N–H and O–H groups in total. The van der Waals surface area contributed by atoms with E-state index in [0.29, 0.717) is 6.04 Å². The maximum Gasteiger partial charge on any atom is 0.0579 e. The minimum atomic E-state index is 0.295. The van der Waals surface area contributed by atoms with Crippen LogP contribution in [0.1, 0.15) is 22.7 Å². The molecule has 0 saturated carbocycles. The van der Waals surface area contributed by atoms with Gasteiger partial charge in [-0.3, -0.25) is 0 Å².